The van der Waals surface area contributed by atoms with Crippen molar-refractivity contribution in [2.75, 3.05) is 25.7 Å². The molecule has 9 nitrogen and oxygen atoms in total. The Hall–Kier alpha value is -2.70. The summed E-state index contributed by atoms with van der Waals surface area (Å²) < 4.78 is 16.6. The SMILES string of the molecule is COc1ccc(OC(=O)Cc2sc(SCC3=C(C(=O)O)N4C(=O)C[C@@H]4SC3)nc2C)cc1OC. The van der Waals surface area contributed by atoms with Gasteiger partial charge in [0.2, 0.25) is 5.91 Å². The summed E-state index contributed by atoms with van der Waals surface area (Å²) in [7, 11) is 3.03. The zero-order valence-corrected chi connectivity index (χ0v) is 21.1. The average molecular weight is 523 g/mol. The number of carboxylic acid groups (broad SMARTS) is 1. The van der Waals surface area contributed by atoms with Gasteiger partial charge in [-0.2, -0.15) is 0 Å². The van der Waals surface area contributed by atoms with Crippen molar-refractivity contribution in [2.45, 2.75) is 29.5 Å². The molecule has 0 aliphatic carbocycles. The highest BCUT2D eigenvalue weighted by molar-refractivity contribution is 8.01. The summed E-state index contributed by atoms with van der Waals surface area (Å²) in [4.78, 5) is 42.8. The number of nitrogens with zero attached hydrogens (tertiary/aromatic N) is 2. The predicted octanol–water partition coefficient (Wildman–Crippen LogP) is 3.35. The van der Waals surface area contributed by atoms with Crippen molar-refractivity contribution < 1.29 is 33.7 Å². The highest BCUT2D eigenvalue weighted by atomic mass is 32.2. The van der Waals surface area contributed by atoms with Crippen LogP contribution in [0.25, 0.3) is 0 Å². The number of rotatable bonds is 9. The van der Waals surface area contributed by atoms with E-state index < -0.39 is 11.9 Å². The number of benzene rings is 1. The normalized spacial score (nSPS) is 17.2. The number of carbonyl (C=O) groups is 3. The summed E-state index contributed by atoms with van der Waals surface area (Å²) in [5, 5.41) is 9.56. The van der Waals surface area contributed by atoms with Gasteiger partial charge in [-0.25, -0.2) is 9.78 Å². The number of hydrogen-bond acceptors (Lipinski definition) is 10. The van der Waals surface area contributed by atoms with Crippen LogP contribution >= 0.6 is 34.9 Å². The van der Waals surface area contributed by atoms with Gasteiger partial charge < -0.3 is 19.3 Å². The van der Waals surface area contributed by atoms with Crippen LogP contribution in [0.3, 0.4) is 0 Å². The monoisotopic (exact) mass is 522 g/mol. The summed E-state index contributed by atoms with van der Waals surface area (Å²) in [6, 6.07) is 4.87. The van der Waals surface area contributed by atoms with Gasteiger partial charge in [0.25, 0.3) is 0 Å². The van der Waals surface area contributed by atoms with E-state index >= 15 is 0 Å². The maximum atomic E-state index is 12.5. The van der Waals surface area contributed by atoms with Crippen LogP contribution in [-0.2, 0) is 20.8 Å². The number of aromatic nitrogens is 1. The van der Waals surface area contributed by atoms with Gasteiger partial charge >= 0.3 is 11.9 Å². The van der Waals surface area contributed by atoms with Crippen molar-refractivity contribution in [2.24, 2.45) is 0 Å². The first-order valence-corrected chi connectivity index (χ1v) is 13.1. The van der Waals surface area contributed by atoms with Crippen LogP contribution in [0, 0.1) is 6.92 Å². The third-order valence-corrected chi connectivity index (χ3v) is 8.93. The van der Waals surface area contributed by atoms with Gasteiger partial charge in [-0.1, -0.05) is 11.8 Å². The van der Waals surface area contributed by atoms with E-state index in [1.165, 1.54) is 42.2 Å². The number of β-lactam (4-membered cyclic amide) rings is 1. The van der Waals surface area contributed by atoms with Crippen LogP contribution in [0.5, 0.6) is 17.2 Å². The van der Waals surface area contributed by atoms with E-state index in [9.17, 15) is 19.5 Å². The van der Waals surface area contributed by atoms with Crippen molar-refractivity contribution >= 4 is 52.7 Å². The predicted molar refractivity (Wildman–Crippen MR) is 129 cm³/mol. The van der Waals surface area contributed by atoms with Crippen LogP contribution in [0.1, 0.15) is 17.0 Å². The Morgan fingerprint density at radius 1 is 1.26 bits per heavy atom. The number of carboxylic acids is 1. The van der Waals surface area contributed by atoms with E-state index in [1.54, 1.807) is 30.0 Å². The highest BCUT2D eigenvalue weighted by Gasteiger charge is 2.45. The first kappa shape index (κ1) is 24.4. The third kappa shape index (κ3) is 5.03. The minimum Gasteiger partial charge on any atom is -0.493 e. The molecule has 2 aliphatic rings. The highest BCUT2D eigenvalue weighted by Crippen LogP contribution is 2.41. The minimum atomic E-state index is -1.08. The molecule has 1 fully saturated rings. The lowest BCUT2D eigenvalue weighted by atomic mass is 10.1. The van der Waals surface area contributed by atoms with Gasteiger partial charge in [-0.15, -0.1) is 23.1 Å². The molecular formula is C22H22N2O7S3. The number of hydrogen-bond donors (Lipinski definition) is 1. The van der Waals surface area contributed by atoms with Crippen molar-refractivity contribution in [3.05, 3.63) is 40.0 Å². The van der Waals surface area contributed by atoms with Crippen LogP contribution in [0.2, 0.25) is 0 Å². The standard InChI is InChI=1S/C22H22N2O7S3/c1-11-16(7-19(26)31-13-4-5-14(29-2)15(6-13)30-3)34-22(23-11)33-10-12-9-32-18-8-17(25)24(18)20(12)21(27)28/h4-6,18H,7-10H2,1-3H3,(H,27,28)/t18-/m0/s1. The van der Waals surface area contributed by atoms with Crippen LogP contribution in [0.15, 0.2) is 33.8 Å². The number of thioether (sulfide) groups is 2. The topological polar surface area (TPSA) is 115 Å². The minimum absolute atomic E-state index is 0.0568. The second kappa shape index (κ2) is 10.3. The second-order valence-electron chi connectivity index (χ2n) is 7.44. The van der Waals surface area contributed by atoms with Gasteiger partial charge in [0.1, 0.15) is 11.4 Å². The van der Waals surface area contributed by atoms with E-state index in [4.69, 9.17) is 14.2 Å². The molecule has 0 unspecified atom stereocenters. The number of aryl methyl sites for hydroxylation is 1. The molecule has 3 heterocycles. The molecule has 34 heavy (non-hydrogen) atoms. The summed E-state index contributed by atoms with van der Waals surface area (Å²) in [5.41, 5.74) is 1.52. The largest absolute Gasteiger partial charge is 0.493 e. The second-order valence-corrected chi connectivity index (χ2v) is 10.9. The number of aliphatic carboxylic acids is 1. The number of methoxy groups -OCH3 is 2. The molecule has 1 atom stereocenters. The fourth-order valence-electron chi connectivity index (χ4n) is 3.54. The Bertz CT molecular complexity index is 1180. The molecule has 1 aromatic carbocycles. The van der Waals surface area contributed by atoms with Crippen LogP contribution in [-0.4, -0.2) is 63.9 Å². The van der Waals surface area contributed by atoms with Gasteiger partial charge in [-0.05, 0) is 24.6 Å². The van der Waals surface area contributed by atoms with Gasteiger partial charge in [0.05, 0.1) is 38.1 Å². The number of ether oxygens (including phenoxy) is 3. The fourth-order valence-corrected chi connectivity index (χ4v) is 7.17. The first-order chi connectivity index (χ1) is 16.3. The van der Waals surface area contributed by atoms with E-state index in [2.05, 4.69) is 4.98 Å². The molecule has 0 bridgehead atoms. The molecule has 12 heteroatoms. The maximum absolute atomic E-state index is 12.5. The Labute approximate surface area is 208 Å². The van der Waals surface area contributed by atoms with Gasteiger partial charge in [-0.3, -0.25) is 14.5 Å². The summed E-state index contributed by atoms with van der Waals surface area (Å²) in [6.07, 6.45) is 0.442. The summed E-state index contributed by atoms with van der Waals surface area (Å²) >= 11 is 4.36. The molecule has 1 saturated heterocycles. The molecule has 1 amide bonds. The molecule has 2 aliphatic heterocycles. The molecular weight excluding hydrogens is 500 g/mol. The van der Waals surface area contributed by atoms with E-state index in [-0.39, 0.29) is 23.4 Å². The quantitative estimate of drug-likeness (QED) is 0.227. The molecule has 1 aromatic heterocycles. The van der Waals surface area contributed by atoms with E-state index in [0.29, 0.717) is 40.7 Å². The zero-order chi connectivity index (χ0) is 24.4. The zero-order valence-electron chi connectivity index (χ0n) is 18.7. The first-order valence-electron chi connectivity index (χ1n) is 10.2. The molecule has 0 radical (unpaired) electrons. The number of esters is 1. The smallest absolute Gasteiger partial charge is 0.352 e. The number of thiazole rings is 1. The number of amides is 1. The molecule has 2 aromatic rings. The van der Waals surface area contributed by atoms with Crippen molar-refractivity contribution in [1.82, 2.24) is 9.88 Å². The Kier molecular flexibility index (Phi) is 7.39. The number of fused-ring (bicyclic) bond motifs is 1. The molecule has 180 valence electrons. The van der Waals surface area contributed by atoms with Crippen LogP contribution in [0.4, 0.5) is 0 Å². The van der Waals surface area contributed by atoms with Crippen molar-refractivity contribution in [1.29, 1.82) is 0 Å². The maximum Gasteiger partial charge on any atom is 0.352 e. The molecule has 4 rings (SSSR count). The lowest BCUT2D eigenvalue weighted by molar-refractivity contribution is -0.146. The van der Waals surface area contributed by atoms with Crippen LogP contribution < -0.4 is 14.2 Å². The van der Waals surface area contributed by atoms with E-state index in [0.717, 1.165) is 14.9 Å². The third-order valence-electron chi connectivity index (χ3n) is 5.27. The molecule has 0 spiro atoms. The number of carbonyl (C=O) groups excluding carboxylic acids is 2. The average Bonchev–Trinajstić information content (AvgIpc) is 3.15. The Morgan fingerprint density at radius 3 is 2.71 bits per heavy atom. The Morgan fingerprint density at radius 2 is 2.03 bits per heavy atom. The van der Waals surface area contributed by atoms with Crippen molar-refractivity contribution in [3.63, 3.8) is 0 Å². The fraction of sp³-hybridized carbons (Fsp3) is 0.364. The molecule has 0 saturated carbocycles. The van der Waals surface area contributed by atoms with E-state index in [1.807, 2.05) is 6.92 Å². The lowest BCUT2D eigenvalue weighted by Crippen LogP contribution is -2.54. The lowest BCUT2D eigenvalue weighted by Gasteiger charge is -2.43. The van der Waals surface area contributed by atoms with Gasteiger partial charge in [0.15, 0.2) is 15.8 Å². The molecule has 1 N–H and O–H groups in total. The van der Waals surface area contributed by atoms with Crippen molar-refractivity contribution in [3.8, 4) is 17.2 Å². The Balaban J connectivity index is 1.40. The summed E-state index contributed by atoms with van der Waals surface area (Å²) in [6.45, 7) is 1.82. The summed E-state index contributed by atoms with van der Waals surface area (Å²) in [5.74, 6) is 0.654. The van der Waals surface area contributed by atoms with Gasteiger partial charge in [0, 0.05) is 22.4 Å².